The molecule has 1 aromatic rings. The Balaban J connectivity index is 2.75. The molecule has 0 aromatic heterocycles. The number of hydrogen-bond donors (Lipinski definition) is 2. The molecule has 0 aliphatic carbocycles. The Bertz CT molecular complexity index is 581. The van der Waals surface area contributed by atoms with Gasteiger partial charge in [0.05, 0.1) is 0 Å². The van der Waals surface area contributed by atoms with Gasteiger partial charge in [0, 0.05) is 11.3 Å². The zero-order valence-electron chi connectivity index (χ0n) is 9.05. The molecule has 0 radical (unpaired) electrons. The molecule has 1 atom stereocenters. The van der Waals surface area contributed by atoms with Crippen LogP contribution in [0.15, 0.2) is 30.1 Å². The summed E-state index contributed by atoms with van der Waals surface area (Å²) in [6.07, 6.45) is -5.63. The summed E-state index contributed by atoms with van der Waals surface area (Å²) in [4.78, 5) is 10.9. The van der Waals surface area contributed by atoms with Gasteiger partial charge in [-0.25, -0.2) is 13.6 Å². The summed E-state index contributed by atoms with van der Waals surface area (Å²) in [5.41, 5.74) is -2.12. The van der Waals surface area contributed by atoms with Gasteiger partial charge in [-0.1, -0.05) is 18.2 Å². The second kappa shape index (κ2) is 3.94. The number of benzene rings is 1. The van der Waals surface area contributed by atoms with E-state index in [1.165, 1.54) is 17.4 Å². The van der Waals surface area contributed by atoms with Crippen LogP contribution in [0.5, 0.6) is 0 Å². The Morgan fingerprint density at radius 1 is 1.26 bits per heavy atom. The fraction of sp³-hybridized carbons (Fsp3) is 0.182. The van der Waals surface area contributed by atoms with E-state index in [0.717, 1.165) is 12.1 Å². The highest BCUT2D eigenvalue weighted by Gasteiger charge is 2.63. The summed E-state index contributed by atoms with van der Waals surface area (Å²) in [7, 11) is 0. The van der Waals surface area contributed by atoms with Gasteiger partial charge in [-0.15, -0.1) is 0 Å². The molecule has 0 saturated carbocycles. The Labute approximate surface area is 103 Å². The number of para-hydroxylation sites is 1. The highest BCUT2D eigenvalue weighted by molar-refractivity contribution is 6.19. The lowest BCUT2D eigenvalue weighted by Crippen LogP contribution is -2.51. The lowest BCUT2D eigenvalue weighted by molar-refractivity contribution is -0.211. The van der Waals surface area contributed by atoms with Crippen molar-refractivity contribution in [3.8, 4) is 0 Å². The van der Waals surface area contributed by atoms with Crippen molar-refractivity contribution in [2.75, 3.05) is 5.32 Å². The van der Waals surface area contributed by atoms with Gasteiger partial charge >= 0.3 is 17.9 Å². The van der Waals surface area contributed by atoms with Crippen LogP contribution in [0.4, 0.5) is 27.6 Å². The van der Waals surface area contributed by atoms with Crippen LogP contribution in [0.2, 0.25) is 0 Å². The Hall–Kier alpha value is -2.12. The van der Waals surface area contributed by atoms with E-state index < -0.39 is 35.0 Å². The molecule has 3 nitrogen and oxygen atoms in total. The lowest BCUT2D eigenvalue weighted by atomic mass is 9.94. The van der Waals surface area contributed by atoms with Crippen LogP contribution in [-0.4, -0.2) is 23.0 Å². The first-order valence-electron chi connectivity index (χ1n) is 4.95. The first-order chi connectivity index (χ1) is 8.68. The predicted octanol–water partition coefficient (Wildman–Crippen LogP) is 3.11. The van der Waals surface area contributed by atoms with Crippen molar-refractivity contribution in [3.63, 3.8) is 0 Å². The third kappa shape index (κ3) is 1.83. The van der Waals surface area contributed by atoms with E-state index in [9.17, 15) is 26.7 Å². The molecule has 2 rings (SSSR count). The lowest BCUT2D eigenvalue weighted by Gasteiger charge is -2.33. The molecule has 102 valence electrons. The molecule has 0 fully saturated rings. The summed E-state index contributed by atoms with van der Waals surface area (Å²) in [5.74, 6) is -8.93. The van der Waals surface area contributed by atoms with Crippen LogP contribution in [0.1, 0.15) is 5.56 Å². The van der Waals surface area contributed by atoms with Crippen molar-refractivity contribution in [2.24, 2.45) is 0 Å². The van der Waals surface area contributed by atoms with Gasteiger partial charge in [0.25, 0.3) is 0 Å². The third-order valence-electron chi connectivity index (χ3n) is 2.63. The molecule has 0 spiro atoms. The fourth-order valence-electron chi connectivity index (χ4n) is 1.75. The average molecular weight is 279 g/mol. The van der Waals surface area contributed by atoms with E-state index in [1.807, 2.05) is 0 Å². The Kier molecular flexibility index (Phi) is 2.76. The number of aliphatic carboxylic acids is 1. The highest BCUT2D eigenvalue weighted by atomic mass is 19.4. The molecule has 19 heavy (non-hydrogen) atoms. The van der Waals surface area contributed by atoms with E-state index in [1.54, 1.807) is 0 Å². The molecule has 1 unspecified atom stereocenters. The maximum Gasteiger partial charge on any atom is 0.448 e. The number of rotatable bonds is 1. The zero-order valence-corrected chi connectivity index (χ0v) is 9.05. The minimum atomic E-state index is -5.63. The molecule has 1 aliphatic heterocycles. The highest BCUT2D eigenvalue weighted by Crippen LogP contribution is 2.48. The van der Waals surface area contributed by atoms with Gasteiger partial charge < -0.3 is 10.4 Å². The van der Waals surface area contributed by atoms with Crippen molar-refractivity contribution in [2.45, 2.75) is 12.0 Å². The minimum Gasteiger partial charge on any atom is -0.478 e. The maximum atomic E-state index is 13.8. The summed E-state index contributed by atoms with van der Waals surface area (Å²) in [6.45, 7) is 0. The van der Waals surface area contributed by atoms with E-state index in [4.69, 9.17) is 5.11 Å². The van der Waals surface area contributed by atoms with Gasteiger partial charge in [0.15, 0.2) is 5.83 Å². The van der Waals surface area contributed by atoms with E-state index in [2.05, 4.69) is 0 Å². The zero-order chi connectivity index (χ0) is 14.4. The molecule has 1 aromatic carbocycles. The SMILES string of the molecule is O=C(O)C1=C(F)C(F)(C(F)(F)F)Nc2ccccc21. The van der Waals surface area contributed by atoms with Crippen LogP contribution in [0.25, 0.3) is 5.57 Å². The van der Waals surface area contributed by atoms with Gasteiger partial charge in [0.2, 0.25) is 0 Å². The van der Waals surface area contributed by atoms with E-state index >= 15 is 0 Å². The normalized spacial score (nSPS) is 22.8. The number of alkyl halides is 4. The Morgan fingerprint density at radius 3 is 2.37 bits per heavy atom. The first kappa shape index (κ1) is 13.3. The van der Waals surface area contributed by atoms with Crippen LogP contribution in [-0.2, 0) is 4.79 Å². The number of carbonyl (C=O) groups is 1. The molecule has 1 aliphatic rings. The number of fused-ring (bicyclic) bond motifs is 1. The number of carboxylic acid groups (broad SMARTS) is 1. The molecule has 0 amide bonds. The average Bonchev–Trinajstić information content (AvgIpc) is 2.28. The number of halogens is 5. The summed E-state index contributed by atoms with van der Waals surface area (Å²) < 4.78 is 65.3. The number of hydrogen-bond acceptors (Lipinski definition) is 2. The van der Waals surface area contributed by atoms with Crippen molar-refractivity contribution in [1.82, 2.24) is 0 Å². The molecule has 0 saturated heterocycles. The minimum absolute atomic E-state index is 0.343. The van der Waals surface area contributed by atoms with Gasteiger partial charge in [0.1, 0.15) is 5.57 Å². The van der Waals surface area contributed by atoms with Crippen molar-refractivity contribution >= 4 is 17.2 Å². The standard InChI is InChI=1S/C11H6F5NO2/c12-8-7(9(18)19)5-3-1-2-4-6(5)17-10(8,13)11(14,15)16/h1-4,17H,(H,18,19). The number of carboxylic acids is 1. The summed E-state index contributed by atoms with van der Waals surface area (Å²) >= 11 is 0. The van der Waals surface area contributed by atoms with Crippen LogP contribution < -0.4 is 5.32 Å². The third-order valence-corrected chi connectivity index (χ3v) is 2.63. The van der Waals surface area contributed by atoms with Crippen LogP contribution in [0, 0.1) is 0 Å². The van der Waals surface area contributed by atoms with E-state index in [-0.39, 0.29) is 5.56 Å². The maximum absolute atomic E-state index is 13.8. The number of anilines is 1. The molecule has 1 heterocycles. The Morgan fingerprint density at radius 2 is 1.84 bits per heavy atom. The van der Waals surface area contributed by atoms with E-state index in [0.29, 0.717) is 0 Å². The molecule has 2 N–H and O–H groups in total. The smallest absolute Gasteiger partial charge is 0.448 e. The van der Waals surface area contributed by atoms with Gasteiger partial charge in [-0.3, -0.25) is 0 Å². The van der Waals surface area contributed by atoms with Crippen LogP contribution in [0.3, 0.4) is 0 Å². The molecular weight excluding hydrogens is 273 g/mol. The largest absolute Gasteiger partial charge is 0.478 e. The quantitative estimate of drug-likeness (QED) is 0.613. The number of nitrogens with one attached hydrogen (secondary N) is 1. The van der Waals surface area contributed by atoms with Gasteiger partial charge in [-0.2, -0.15) is 13.2 Å². The molecular formula is C11H6F5NO2. The molecule has 8 heteroatoms. The summed E-state index contributed by atoms with van der Waals surface area (Å²) in [6, 6.07) is 4.69. The van der Waals surface area contributed by atoms with Crippen molar-refractivity contribution < 1.29 is 31.9 Å². The second-order valence-electron chi connectivity index (χ2n) is 3.82. The monoisotopic (exact) mass is 279 g/mol. The van der Waals surface area contributed by atoms with Crippen molar-refractivity contribution in [3.05, 3.63) is 35.7 Å². The van der Waals surface area contributed by atoms with Crippen molar-refractivity contribution in [1.29, 1.82) is 0 Å². The van der Waals surface area contributed by atoms with Crippen LogP contribution >= 0.6 is 0 Å². The predicted molar refractivity (Wildman–Crippen MR) is 55.6 cm³/mol. The van der Waals surface area contributed by atoms with Gasteiger partial charge in [-0.05, 0) is 6.07 Å². The fourth-order valence-corrected chi connectivity index (χ4v) is 1.75. The molecule has 0 bridgehead atoms. The topological polar surface area (TPSA) is 49.3 Å². The summed E-state index contributed by atoms with van der Waals surface area (Å²) in [5, 5.41) is 10.2. The second-order valence-corrected chi connectivity index (χ2v) is 3.82. The first-order valence-corrected chi connectivity index (χ1v) is 4.95.